The molecular formula is C21H22O10. The van der Waals surface area contributed by atoms with E-state index in [2.05, 4.69) is 0 Å². The number of ether oxygens (including phenoxy) is 3. The second kappa shape index (κ2) is 8.33. The van der Waals surface area contributed by atoms with Crippen LogP contribution in [0, 0.1) is 0 Å². The molecule has 1 saturated heterocycles. The Morgan fingerprint density at radius 3 is 2.39 bits per heavy atom. The van der Waals surface area contributed by atoms with E-state index in [1.54, 1.807) is 12.1 Å². The first-order valence-electron chi connectivity index (χ1n) is 9.61. The zero-order valence-corrected chi connectivity index (χ0v) is 16.2. The summed E-state index contributed by atoms with van der Waals surface area (Å²) in [5.74, 6) is -0.657. The molecule has 2 aromatic carbocycles. The molecule has 10 nitrogen and oxygen atoms in total. The average molecular weight is 434 g/mol. The maximum absolute atomic E-state index is 12.6. The summed E-state index contributed by atoms with van der Waals surface area (Å²) in [4.78, 5) is 12.6. The van der Waals surface area contributed by atoms with Crippen molar-refractivity contribution in [3.63, 3.8) is 0 Å². The number of carbonyl (C=O) groups excluding carboxylic acids is 1. The highest BCUT2D eigenvalue weighted by Gasteiger charge is 2.45. The van der Waals surface area contributed by atoms with Crippen molar-refractivity contribution in [2.75, 3.05) is 6.61 Å². The van der Waals surface area contributed by atoms with Gasteiger partial charge in [-0.15, -0.1) is 0 Å². The number of hydrogen-bond acceptors (Lipinski definition) is 10. The van der Waals surface area contributed by atoms with Crippen LogP contribution >= 0.6 is 0 Å². The first-order valence-corrected chi connectivity index (χ1v) is 9.61. The van der Waals surface area contributed by atoms with E-state index in [9.17, 15) is 35.4 Å². The molecule has 2 aliphatic rings. The van der Waals surface area contributed by atoms with Gasteiger partial charge >= 0.3 is 0 Å². The number of rotatable bonds is 4. The molecule has 2 aliphatic heterocycles. The van der Waals surface area contributed by atoms with Crippen LogP contribution in [0.2, 0.25) is 0 Å². The standard InChI is InChI=1S/C21H22O10/c22-8-16-18(26)19(27)20(28)21(31-16)29-11-5-12(24)17-13(25)7-14(30-15(17)6-11)9-1-3-10(23)4-2-9/h1-6,14,16,18-24,26-28H,7-8H2/t14-,16-,18-,19-,20+,21-/m1/s1. The Morgan fingerprint density at radius 1 is 1.00 bits per heavy atom. The van der Waals surface area contributed by atoms with Gasteiger partial charge in [0.1, 0.15) is 59.1 Å². The lowest BCUT2D eigenvalue weighted by molar-refractivity contribution is -0.277. The van der Waals surface area contributed by atoms with Gasteiger partial charge in [0.2, 0.25) is 6.29 Å². The quantitative estimate of drug-likeness (QED) is 0.385. The van der Waals surface area contributed by atoms with E-state index >= 15 is 0 Å². The lowest BCUT2D eigenvalue weighted by Crippen LogP contribution is -2.60. The minimum absolute atomic E-state index is 0.0156. The summed E-state index contributed by atoms with van der Waals surface area (Å²) in [7, 11) is 0. The van der Waals surface area contributed by atoms with Crippen molar-refractivity contribution in [2.45, 2.75) is 43.2 Å². The van der Waals surface area contributed by atoms with Gasteiger partial charge in [0.25, 0.3) is 0 Å². The number of Topliss-reactive ketones (excluding diaryl/α,β-unsaturated/α-hetero) is 1. The van der Waals surface area contributed by atoms with Crippen molar-refractivity contribution in [3.05, 3.63) is 47.5 Å². The lowest BCUT2D eigenvalue weighted by atomic mass is 9.95. The number of aliphatic hydroxyl groups is 4. The molecule has 1 fully saturated rings. The molecule has 0 saturated carbocycles. The van der Waals surface area contributed by atoms with Gasteiger partial charge in [0, 0.05) is 12.1 Å². The monoisotopic (exact) mass is 434 g/mol. The van der Waals surface area contributed by atoms with Gasteiger partial charge in [-0.25, -0.2) is 0 Å². The van der Waals surface area contributed by atoms with Crippen molar-refractivity contribution in [3.8, 4) is 23.0 Å². The maximum Gasteiger partial charge on any atom is 0.229 e. The molecule has 0 bridgehead atoms. The number of phenols is 2. The number of hydrogen-bond donors (Lipinski definition) is 6. The van der Waals surface area contributed by atoms with Crippen LogP contribution < -0.4 is 9.47 Å². The topological polar surface area (TPSA) is 166 Å². The summed E-state index contributed by atoms with van der Waals surface area (Å²) in [5, 5.41) is 59.0. The second-order valence-electron chi connectivity index (χ2n) is 7.46. The van der Waals surface area contributed by atoms with Crippen LogP contribution in [0.25, 0.3) is 0 Å². The summed E-state index contributed by atoms with van der Waals surface area (Å²) in [6.07, 6.45) is -8.09. The Morgan fingerprint density at radius 2 is 1.71 bits per heavy atom. The minimum Gasteiger partial charge on any atom is -0.508 e. The molecule has 0 unspecified atom stereocenters. The molecule has 0 amide bonds. The Bertz CT molecular complexity index is 957. The zero-order valence-electron chi connectivity index (χ0n) is 16.2. The highest BCUT2D eigenvalue weighted by molar-refractivity contribution is 6.02. The number of ketones is 1. The second-order valence-corrected chi connectivity index (χ2v) is 7.46. The highest BCUT2D eigenvalue weighted by atomic mass is 16.7. The molecule has 4 rings (SSSR count). The molecule has 2 aromatic rings. The van der Waals surface area contributed by atoms with Gasteiger partial charge in [-0.2, -0.15) is 0 Å². The third kappa shape index (κ3) is 4.03. The van der Waals surface area contributed by atoms with E-state index in [0.29, 0.717) is 5.56 Å². The zero-order chi connectivity index (χ0) is 22.3. The lowest BCUT2D eigenvalue weighted by Gasteiger charge is -2.39. The molecule has 0 spiro atoms. The first kappa shape index (κ1) is 21.3. The molecule has 6 atom stereocenters. The van der Waals surface area contributed by atoms with Gasteiger partial charge in [-0.1, -0.05) is 12.1 Å². The smallest absolute Gasteiger partial charge is 0.229 e. The maximum atomic E-state index is 12.6. The summed E-state index contributed by atoms with van der Waals surface area (Å²) < 4.78 is 16.7. The summed E-state index contributed by atoms with van der Waals surface area (Å²) in [6, 6.07) is 8.64. The van der Waals surface area contributed by atoms with E-state index in [4.69, 9.17) is 14.2 Å². The molecular weight excluding hydrogens is 412 g/mol. The SMILES string of the molecule is O=C1C[C@H](c2ccc(O)cc2)Oc2cc(O[C@@H]3O[C@H](CO)[C@@H](O)[C@@H](O)[C@@H]3O)cc(O)c21. The minimum atomic E-state index is -1.64. The average Bonchev–Trinajstić information content (AvgIpc) is 2.74. The summed E-state index contributed by atoms with van der Waals surface area (Å²) >= 11 is 0. The molecule has 166 valence electrons. The summed E-state index contributed by atoms with van der Waals surface area (Å²) in [5.41, 5.74) is 0.632. The van der Waals surface area contributed by atoms with E-state index in [0.717, 1.165) is 6.07 Å². The van der Waals surface area contributed by atoms with Gasteiger partial charge in [-0.3, -0.25) is 4.79 Å². The van der Waals surface area contributed by atoms with Crippen LogP contribution in [0.5, 0.6) is 23.0 Å². The van der Waals surface area contributed by atoms with Gasteiger partial charge in [0.05, 0.1) is 13.0 Å². The van der Waals surface area contributed by atoms with Crippen molar-refractivity contribution < 1.29 is 49.6 Å². The van der Waals surface area contributed by atoms with Crippen LogP contribution in [0.1, 0.15) is 28.4 Å². The van der Waals surface area contributed by atoms with E-state index < -0.39 is 49.2 Å². The fraction of sp³-hybridized carbons (Fsp3) is 0.381. The molecule has 2 heterocycles. The van der Waals surface area contributed by atoms with E-state index in [1.165, 1.54) is 18.2 Å². The number of phenolic OH excluding ortho intramolecular Hbond substituents is 2. The van der Waals surface area contributed by atoms with E-state index in [1.807, 2.05) is 0 Å². The van der Waals surface area contributed by atoms with Crippen LogP contribution in [-0.4, -0.2) is 73.7 Å². The number of aliphatic hydroxyl groups excluding tert-OH is 4. The van der Waals surface area contributed by atoms with Gasteiger partial charge < -0.3 is 44.8 Å². The predicted octanol–water partition coefficient (Wildman–Crippen LogP) is -0.0170. The fourth-order valence-electron chi connectivity index (χ4n) is 3.66. The molecule has 10 heteroatoms. The third-order valence-electron chi connectivity index (χ3n) is 5.34. The predicted molar refractivity (Wildman–Crippen MR) is 103 cm³/mol. The van der Waals surface area contributed by atoms with Crippen molar-refractivity contribution in [1.82, 2.24) is 0 Å². The normalized spacial score (nSPS) is 30.4. The molecule has 0 aromatic heterocycles. The number of benzene rings is 2. The number of fused-ring (bicyclic) bond motifs is 1. The molecule has 31 heavy (non-hydrogen) atoms. The molecule has 0 radical (unpaired) electrons. The third-order valence-corrected chi connectivity index (χ3v) is 5.34. The fourth-order valence-corrected chi connectivity index (χ4v) is 3.66. The Labute approximate surface area is 176 Å². The summed E-state index contributed by atoms with van der Waals surface area (Å²) in [6.45, 7) is -0.619. The Hall–Kier alpha value is -2.89. The first-order chi connectivity index (χ1) is 14.8. The largest absolute Gasteiger partial charge is 0.508 e. The molecule has 6 N–H and O–H groups in total. The Balaban J connectivity index is 1.59. The van der Waals surface area contributed by atoms with Gasteiger partial charge in [0.15, 0.2) is 5.78 Å². The molecule has 0 aliphatic carbocycles. The van der Waals surface area contributed by atoms with E-state index in [-0.39, 0.29) is 35.0 Å². The van der Waals surface area contributed by atoms with Crippen molar-refractivity contribution in [1.29, 1.82) is 0 Å². The van der Waals surface area contributed by atoms with Gasteiger partial charge in [-0.05, 0) is 17.7 Å². The van der Waals surface area contributed by atoms with Crippen LogP contribution in [-0.2, 0) is 4.74 Å². The van der Waals surface area contributed by atoms with Crippen molar-refractivity contribution >= 4 is 5.78 Å². The van der Waals surface area contributed by atoms with Crippen LogP contribution in [0.4, 0.5) is 0 Å². The van der Waals surface area contributed by atoms with Crippen LogP contribution in [0.15, 0.2) is 36.4 Å². The number of carbonyl (C=O) groups is 1. The van der Waals surface area contributed by atoms with Crippen LogP contribution in [0.3, 0.4) is 0 Å². The van der Waals surface area contributed by atoms with Crippen molar-refractivity contribution in [2.24, 2.45) is 0 Å². The highest BCUT2D eigenvalue weighted by Crippen LogP contribution is 2.42. The number of aromatic hydroxyl groups is 2. The Kier molecular flexibility index (Phi) is 5.73.